The molecule has 1 unspecified atom stereocenters. The number of hydrogen-bond acceptors (Lipinski definition) is 8. The maximum absolute atomic E-state index is 13.6. The van der Waals surface area contributed by atoms with Gasteiger partial charge in [0.15, 0.2) is 5.78 Å². The molecule has 2 aliphatic rings. The fourth-order valence-corrected chi connectivity index (χ4v) is 7.49. The maximum atomic E-state index is 13.6. The van der Waals surface area contributed by atoms with Crippen LogP contribution in [0.1, 0.15) is 64.8 Å². The van der Waals surface area contributed by atoms with Gasteiger partial charge < -0.3 is 9.84 Å². The van der Waals surface area contributed by atoms with Crippen LogP contribution in [0.3, 0.4) is 0 Å². The van der Waals surface area contributed by atoms with Gasteiger partial charge in [-0.1, -0.05) is 66.5 Å². The average Bonchev–Trinajstić information content (AvgIpc) is 3.53. The molecule has 0 spiro atoms. The normalized spacial score (nSPS) is 16.8. The predicted octanol–water partition coefficient (Wildman–Crippen LogP) is 6.98. The SMILES string of the molecule is CCCN1CCc2c(C)cc(C(=O)Cc3cccc(-c4cccc(-c5cnc(CN6CCCC6CO)c(OC)n5)c4Cl)c3Cl)nc2C1. The Labute approximate surface area is 286 Å². The van der Waals surface area contributed by atoms with Crippen molar-refractivity contribution in [2.45, 2.75) is 65.1 Å². The minimum absolute atomic E-state index is 0.0656. The van der Waals surface area contributed by atoms with Crippen LogP contribution in [0.5, 0.6) is 5.88 Å². The Hall–Kier alpha value is -3.40. The van der Waals surface area contributed by atoms with Crippen LogP contribution in [0.25, 0.3) is 22.4 Å². The van der Waals surface area contributed by atoms with Crippen LogP contribution in [0.4, 0.5) is 0 Å². The molecule has 2 aromatic carbocycles. The summed E-state index contributed by atoms with van der Waals surface area (Å²) in [7, 11) is 1.58. The van der Waals surface area contributed by atoms with Crippen LogP contribution in [-0.4, -0.2) is 75.0 Å². The number of likely N-dealkylation sites (tertiary alicyclic amines) is 1. The Morgan fingerprint density at radius 3 is 2.60 bits per heavy atom. The summed E-state index contributed by atoms with van der Waals surface area (Å²) in [5.74, 6) is 0.360. The highest BCUT2D eigenvalue weighted by Gasteiger charge is 2.26. The molecule has 1 atom stereocenters. The lowest BCUT2D eigenvalue weighted by molar-refractivity contribution is 0.0987. The zero-order chi connectivity index (χ0) is 33.1. The molecule has 1 N–H and O–H groups in total. The molecule has 6 rings (SSSR count). The number of rotatable bonds is 11. The molecule has 246 valence electrons. The molecular weight excluding hydrogens is 633 g/mol. The zero-order valence-electron chi connectivity index (χ0n) is 27.2. The molecule has 1 fully saturated rings. The molecule has 47 heavy (non-hydrogen) atoms. The first-order chi connectivity index (χ1) is 22.8. The van der Waals surface area contributed by atoms with E-state index in [-0.39, 0.29) is 24.9 Å². The van der Waals surface area contributed by atoms with E-state index in [1.165, 1.54) is 5.56 Å². The summed E-state index contributed by atoms with van der Waals surface area (Å²) in [5, 5.41) is 10.7. The van der Waals surface area contributed by atoms with Gasteiger partial charge in [0.2, 0.25) is 5.88 Å². The summed E-state index contributed by atoms with van der Waals surface area (Å²) < 4.78 is 5.64. The standard InChI is InChI=1S/C37H41Cl2N5O3/c1-4-14-43-16-13-26-23(2)17-30(41-32(26)20-43)34(46)18-24-8-5-10-27(35(24)38)28-11-6-12-29(36(28)39)31-19-40-33(37(42-31)47-3)21-44-15-7-9-25(44)22-45/h5-6,8,10-12,17,19,25,45H,4,7,9,13-16,18,20-22H2,1-3H3. The van der Waals surface area contributed by atoms with E-state index in [0.717, 1.165) is 74.2 Å². The lowest BCUT2D eigenvalue weighted by Gasteiger charge is -2.29. The van der Waals surface area contributed by atoms with Crippen molar-refractivity contribution in [2.24, 2.45) is 0 Å². The first-order valence-electron chi connectivity index (χ1n) is 16.4. The molecular formula is C37H41Cl2N5O3. The molecule has 2 aliphatic heterocycles. The van der Waals surface area contributed by atoms with Gasteiger partial charge in [0.1, 0.15) is 11.4 Å². The zero-order valence-corrected chi connectivity index (χ0v) is 28.7. The van der Waals surface area contributed by atoms with E-state index in [1.54, 1.807) is 13.3 Å². The average molecular weight is 675 g/mol. The molecule has 0 aliphatic carbocycles. The van der Waals surface area contributed by atoms with Gasteiger partial charge in [-0.25, -0.2) is 9.97 Å². The van der Waals surface area contributed by atoms with Crippen LogP contribution >= 0.6 is 23.2 Å². The number of methoxy groups -OCH3 is 1. The highest BCUT2D eigenvalue weighted by Crippen LogP contribution is 2.40. The summed E-state index contributed by atoms with van der Waals surface area (Å²) in [6.07, 6.45) is 5.90. The second-order valence-corrected chi connectivity index (χ2v) is 13.2. The minimum atomic E-state index is -0.0656. The van der Waals surface area contributed by atoms with Crippen molar-refractivity contribution in [3.05, 3.63) is 92.5 Å². The fourth-order valence-electron chi connectivity index (χ4n) is 6.87. The van der Waals surface area contributed by atoms with E-state index < -0.39 is 0 Å². The second kappa shape index (κ2) is 14.8. The molecule has 1 saturated heterocycles. The number of aliphatic hydroxyl groups excluding tert-OH is 1. The molecule has 8 nitrogen and oxygen atoms in total. The van der Waals surface area contributed by atoms with Crippen molar-refractivity contribution >= 4 is 29.0 Å². The highest BCUT2D eigenvalue weighted by atomic mass is 35.5. The Balaban J connectivity index is 1.25. The quantitative estimate of drug-likeness (QED) is 0.171. The number of benzene rings is 2. The molecule has 0 saturated carbocycles. The number of nitrogens with zero attached hydrogens (tertiary/aromatic N) is 5. The largest absolute Gasteiger partial charge is 0.480 e. The summed E-state index contributed by atoms with van der Waals surface area (Å²) in [6.45, 7) is 8.66. The van der Waals surface area contributed by atoms with Crippen molar-refractivity contribution in [3.8, 4) is 28.3 Å². The van der Waals surface area contributed by atoms with E-state index in [1.807, 2.05) is 42.5 Å². The number of ketones is 1. The maximum Gasteiger partial charge on any atom is 0.237 e. The number of carbonyl (C=O) groups is 1. The molecule has 2 aromatic heterocycles. The van der Waals surface area contributed by atoms with Gasteiger partial charge in [-0.15, -0.1) is 0 Å². The summed E-state index contributed by atoms with van der Waals surface area (Å²) in [4.78, 5) is 32.5. The van der Waals surface area contributed by atoms with Crippen molar-refractivity contribution < 1.29 is 14.6 Å². The fraction of sp³-hybridized carbons (Fsp3) is 0.405. The minimum Gasteiger partial charge on any atom is -0.480 e. The number of carbonyl (C=O) groups excluding carboxylic acids is 1. The van der Waals surface area contributed by atoms with Crippen LogP contribution in [0.2, 0.25) is 10.0 Å². The topological polar surface area (TPSA) is 91.7 Å². The predicted molar refractivity (Wildman–Crippen MR) is 186 cm³/mol. The van der Waals surface area contributed by atoms with Crippen molar-refractivity contribution in [3.63, 3.8) is 0 Å². The Bertz CT molecular complexity index is 1780. The number of aromatic nitrogens is 3. The second-order valence-electron chi connectivity index (χ2n) is 12.5. The number of pyridine rings is 1. The molecule has 0 radical (unpaired) electrons. The van der Waals surface area contributed by atoms with Crippen LogP contribution in [0.15, 0.2) is 48.7 Å². The summed E-state index contributed by atoms with van der Waals surface area (Å²) >= 11 is 14.1. The number of aryl methyl sites for hydroxylation is 1. The third-order valence-corrected chi connectivity index (χ3v) is 10.2. The van der Waals surface area contributed by atoms with E-state index in [9.17, 15) is 9.90 Å². The lowest BCUT2D eigenvalue weighted by Crippen LogP contribution is -2.32. The van der Waals surface area contributed by atoms with Gasteiger partial charge in [0, 0.05) is 48.8 Å². The first kappa shape index (κ1) is 33.5. The van der Waals surface area contributed by atoms with Gasteiger partial charge in [0.05, 0.1) is 41.3 Å². The smallest absolute Gasteiger partial charge is 0.237 e. The third-order valence-electron chi connectivity index (χ3n) is 9.37. The van der Waals surface area contributed by atoms with Gasteiger partial charge in [-0.2, -0.15) is 0 Å². The van der Waals surface area contributed by atoms with E-state index in [0.29, 0.717) is 50.7 Å². The van der Waals surface area contributed by atoms with Gasteiger partial charge in [-0.05, 0) is 68.5 Å². The Kier molecular flexibility index (Phi) is 10.5. The number of aliphatic hydroxyl groups is 1. The number of fused-ring (bicyclic) bond motifs is 1. The van der Waals surface area contributed by atoms with Gasteiger partial charge >= 0.3 is 0 Å². The molecule has 4 heterocycles. The van der Waals surface area contributed by atoms with Crippen molar-refractivity contribution in [2.75, 3.05) is 33.4 Å². The third kappa shape index (κ3) is 7.08. The van der Waals surface area contributed by atoms with E-state index in [4.69, 9.17) is 42.9 Å². The molecule has 0 bridgehead atoms. The summed E-state index contributed by atoms with van der Waals surface area (Å²) in [6, 6.07) is 13.5. The molecule has 10 heteroatoms. The van der Waals surface area contributed by atoms with Crippen LogP contribution in [-0.2, 0) is 25.9 Å². The first-order valence-corrected chi connectivity index (χ1v) is 17.1. The van der Waals surface area contributed by atoms with Crippen LogP contribution in [0, 0.1) is 6.92 Å². The van der Waals surface area contributed by atoms with Crippen molar-refractivity contribution in [1.82, 2.24) is 24.8 Å². The van der Waals surface area contributed by atoms with Gasteiger partial charge in [0.25, 0.3) is 0 Å². The monoisotopic (exact) mass is 673 g/mol. The van der Waals surface area contributed by atoms with E-state index >= 15 is 0 Å². The lowest BCUT2D eigenvalue weighted by atomic mass is 9.95. The molecule has 0 amide bonds. The van der Waals surface area contributed by atoms with Crippen molar-refractivity contribution in [1.29, 1.82) is 0 Å². The summed E-state index contributed by atoms with van der Waals surface area (Å²) in [5.41, 5.74) is 8.04. The Morgan fingerprint density at radius 1 is 1.06 bits per heavy atom. The number of hydrogen-bond donors (Lipinski definition) is 1. The highest BCUT2D eigenvalue weighted by molar-refractivity contribution is 6.38. The van der Waals surface area contributed by atoms with Crippen LogP contribution < -0.4 is 4.74 Å². The number of ether oxygens (including phenoxy) is 1. The number of halogens is 2. The Morgan fingerprint density at radius 2 is 1.83 bits per heavy atom. The van der Waals surface area contributed by atoms with Gasteiger partial charge in [-0.3, -0.25) is 19.6 Å². The molecule has 4 aromatic rings. The van der Waals surface area contributed by atoms with E-state index in [2.05, 4.69) is 23.6 Å². The number of Topliss-reactive ketones (excluding diaryl/α,β-unsaturated/α-hetero) is 1.